The first kappa shape index (κ1) is 19.2. The average Bonchev–Trinajstić information content (AvgIpc) is 3.07. The Morgan fingerprint density at radius 2 is 2.19 bits per heavy atom. The van der Waals surface area contributed by atoms with Crippen LogP contribution in [0.3, 0.4) is 0 Å². The molecule has 2 bridgehead atoms. The molecule has 5 atom stereocenters. The van der Waals surface area contributed by atoms with E-state index in [1.807, 2.05) is 31.3 Å². The molecule has 3 aliphatic rings. The number of rotatable bonds is 5. The summed E-state index contributed by atoms with van der Waals surface area (Å²) in [6, 6.07) is 7.53. The molecule has 1 aromatic heterocycles. The lowest BCUT2D eigenvalue weighted by molar-refractivity contribution is -0.162. The van der Waals surface area contributed by atoms with Crippen LogP contribution in [0, 0.1) is 5.41 Å². The highest BCUT2D eigenvalue weighted by Crippen LogP contribution is 2.56. The van der Waals surface area contributed by atoms with Gasteiger partial charge in [0.25, 0.3) is 0 Å². The van der Waals surface area contributed by atoms with Gasteiger partial charge in [-0.2, -0.15) is 0 Å². The molecule has 0 radical (unpaired) electrons. The number of carbonyl (C=O) groups is 1. The Kier molecular flexibility index (Phi) is 4.82. The summed E-state index contributed by atoms with van der Waals surface area (Å²) >= 11 is 10.3. The van der Waals surface area contributed by atoms with E-state index in [1.165, 1.54) is 10.9 Å². The molecule has 5 nitrogen and oxygen atoms in total. The summed E-state index contributed by atoms with van der Waals surface area (Å²) in [5.41, 5.74) is 1.93. The lowest BCUT2D eigenvalue weighted by Gasteiger charge is -2.62. The molecule has 0 spiro atoms. The number of hydrogen-bond donors (Lipinski definition) is 3. The van der Waals surface area contributed by atoms with Gasteiger partial charge in [0, 0.05) is 40.4 Å². The summed E-state index contributed by atoms with van der Waals surface area (Å²) < 4.78 is 0. The first-order chi connectivity index (χ1) is 12.8. The van der Waals surface area contributed by atoms with E-state index in [-0.39, 0.29) is 10.2 Å². The molecule has 146 valence electrons. The number of aliphatic hydroxyl groups excluding tert-OH is 1. The maximum Gasteiger partial charge on any atom is 0.326 e. The molecule has 27 heavy (non-hydrogen) atoms. The van der Waals surface area contributed by atoms with Gasteiger partial charge in [0.05, 0.1) is 12.1 Å². The number of aliphatic carboxylic acids is 1. The van der Waals surface area contributed by atoms with Gasteiger partial charge in [-0.3, -0.25) is 9.69 Å². The number of aliphatic hydroxyl groups is 1. The molecular weight excluding hydrogens is 432 g/mol. The smallest absolute Gasteiger partial charge is 0.326 e. The number of nitrogens with one attached hydrogen (secondary N) is 1. The maximum absolute atomic E-state index is 12.0. The molecular formula is C20H24BrClN2O3. The van der Waals surface area contributed by atoms with Gasteiger partial charge >= 0.3 is 5.97 Å². The maximum atomic E-state index is 12.0. The third-order valence-electron chi connectivity index (χ3n) is 6.60. The number of aromatic amines is 1. The Hall–Kier alpha value is -1.08. The number of nitrogens with zero attached hydrogens (tertiary/aromatic N) is 1. The van der Waals surface area contributed by atoms with E-state index < -0.39 is 23.0 Å². The normalized spacial score (nSPS) is 36.4. The number of piperidine rings is 2. The number of aromatic nitrogens is 1. The van der Waals surface area contributed by atoms with Crippen molar-refractivity contribution in [1.29, 1.82) is 0 Å². The number of carboxylic acids is 1. The van der Waals surface area contributed by atoms with E-state index >= 15 is 0 Å². The van der Waals surface area contributed by atoms with Crippen LogP contribution in [0.2, 0.25) is 0 Å². The highest BCUT2D eigenvalue weighted by molar-refractivity contribution is 9.09. The van der Waals surface area contributed by atoms with Crippen LogP contribution in [-0.4, -0.2) is 61.0 Å². The number of benzene rings is 1. The Bertz CT molecular complexity index is 874. The number of para-hydroxylation sites is 1. The molecule has 1 aliphatic carbocycles. The molecule has 7 heteroatoms. The lowest BCUT2D eigenvalue weighted by Crippen LogP contribution is -2.76. The van der Waals surface area contributed by atoms with Gasteiger partial charge in [-0.05, 0) is 30.9 Å². The molecule has 3 fully saturated rings. The fourth-order valence-corrected chi connectivity index (χ4v) is 6.57. The van der Waals surface area contributed by atoms with Crippen LogP contribution in [0.25, 0.3) is 10.9 Å². The van der Waals surface area contributed by atoms with Gasteiger partial charge in [-0.15, -0.1) is 11.6 Å². The zero-order valence-corrected chi connectivity index (χ0v) is 17.5. The first-order valence-electron chi connectivity index (χ1n) is 9.36. The van der Waals surface area contributed by atoms with Crippen molar-refractivity contribution in [3.05, 3.63) is 36.0 Å². The zero-order valence-electron chi connectivity index (χ0n) is 15.2. The predicted molar refractivity (Wildman–Crippen MR) is 110 cm³/mol. The van der Waals surface area contributed by atoms with Crippen molar-refractivity contribution in [3.8, 4) is 0 Å². The van der Waals surface area contributed by atoms with Crippen molar-refractivity contribution in [2.45, 2.75) is 48.0 Å². The van der Waals surface area contributed by atoms with E-state index in [0.29, 0.717) is 13.0 Å². The Morgan fingerprint density at radius 3 is 2.89 bits per heavy atom. The summed E-state index contributed by atoms with van der Waals surface area (Å²) in [6.07, 6.45) is 3.10. The fourth-order valence-electron chi connectivity index (χ4n) is 5.11. The second-order valence-corrected chi connectivity index (χ2v) is 9.64. The molecule has 3 N–H and O–H groups in total. The van der Waals surface area contributed by atoms with Crippen molar-refractivity contribution >= 4 is 44.4 Å². The minimum atomic E-state index is -1.46. The number of H-pyrrole nitrogens is 1. The Balaban J connectivity index is 1.63. The van der Waals surface area contributed by atoms with Crippen LogP contribution in [0.15, 0.2) is 30.5 Å². The number of halogens is 2. The van der Waals surface area contributed by atoms with Gasteiger partial charge < -0.3 is 15.2 Å². The molecule has 5 unspecified atom stereocenters. The number of carboxylic acid groups (broad SMARTS) is 1. The largest absolute Gasteiger partial charge is 0.480 e. The Labute approximate surface area is 171 Å². The van der Waals surface area contributed by atoms with Crippen molar-refractivity contribution < 1.29 is 15.0 Å². The number of fused-ring (bicyclic) bond motifs is 4. The predicted octanol–water partition coefficient (Wildman–Crippen LogP) is 3.38. The van der Waals surface area contributed by atoms with Crippen molar-refractivity contribution in [2.24, 2.45) is 5.41 Å². The third-order valence-corrected chi connectivity index (χ3v) is 8.63. The lowest BCUT2D eigenvalue weighted by atomic mass is 9.60. The topological polar surface area (TPSA) is 76.6 Å². The van der Waals surface area contributed by atoms with Crippen molar-refractivity contribution in [2.75, 3.05) is 13.1 Å². The summed E-state index contributed by atoms with van der Waals surface area (Å²) in [6.45, 7) is 3.45. The van der Waals surface area contributed by atoms with Crippen molar-refractivity contribution in [3.63, 3.8) is 0 Å². The quantitative estimate of drug-likeness (QED) is 0.604. The van der Waals surface area contributed by atoms with Crippen LogP contribution in [0.1, 0.15) is 25.3 Å². The van der Waals surface area contributed by atoms with E-state index in [1.54, 1.807) is 0 Å². The van der Waals surface area contributed by atoms with E-state index in [9.17, 15) is 15.0 Å². The number of alkyl halides is 2. The molecule has 5 rings (SSSR count). The first-order valence-corrected chi connectivity index (χ1v) is 10.7. The Morgan fingerprint density at radius 1 is 1.44 bits per heavy atom. The van der Waals surface area contributed by atoms with Gasteiger partial charge in [-0.1, -0.05) is 41.1 Å². The zero-order chi connectivity index (χ0) is 19.4. The second kappa shape index (κ2) is 6.76. The van der Waals surface area contributed by atoms with Crippen LogP contribution >= 0.6 is 27.5 Å². The van der Waals surface area contributed by atoms with Crippen LogP contribution < -0.4 is 0 Å². The third kappa shape index (κ3) is 2.84. The standard InChI is InChI=1S/C20H24BrClN2O3/c1-2-19-10-20(22,18(26)27)17(15(25)16(19)21)24(11-19)8-7-12-9-23-14-6-4-3-5-13(12)14/h3-6,9,15-17,23,25H,2,7-8,10-11H2,1H3,(H,26,27). The van der Waals surface area contributed by atoms with Crippen LogP contribution in [0.4, 0.5) is 0 Å². The fraction of sp³-hybridized carbons (Fsp3) is 0.550. The monoisotopic (exact) mass is 454 g/mol. The minimum Gasteiger partial charge on any atom is -0.480 e. The van der Waals surface area contributed by atoms with Gasteiger partial charge in [0.1, 0.15) is 0 Å². The molecule has 0 amide bonds. The summed E-state index contributed by atoms with van der Waals surface area (Å²) in [4.78, 5) is 15.8. The van der Waals surface area contributed by atoms with Gasteiger partial charge in [-0.25, -0.2) is 0 Å². The molecule has 2 aliphatic heterocycles. The molecule has 1 aromatic carbocycles. The molecule has 3 heterocycles. The molecule has 2 saturated heterocycles. The van der Waals surface area contributed by atoms with Crippen LogP contribution in [-0.2, 0) is 11.2 Å². The SMILES string of the molecule is CCC12CN(CCc3c[nH]c4ccccc34)C(C(O)C1Br)C(Cl)(C(=O)O)C2. The second-order valence-electron chi connectivity index (χ2n) is 7.98. The van der Waals surface area contributed by atoms with Gasteiger partial charge in [0.2, 0.25) is 0 Å². The van der Waals surface area contributed by atoms with Gasteiger partial charge in [0.15, 0.2) is 4.87 Å². The van der Waals surface area contributed by atoms with E-state index in [4.69, 9.17) is 11.6 Å². The van der Waals surface area contributed by atoms with E-state index in [2.05, 4.69) is 31.9 Å². The summed E-state index contributed by atoms with van der Waals surface area (Å²) in [5.74, 6) is -1.04. The average molecular weight is 456 g/mol. The minimum absolute atomic E-state index is 0.143. The summed E-state index contributed by atoms with van der Waals surface area (Å²) in [5, 5.41) is 21.9. The van der Waals surface area contributed by atoms with Crippen molar-refractivity contribution in [1.82, 2.24) is 9.88 Å². The molecule has 2 aromatic rings. The highest BCUT2D eigenvalue weighted by atomic mass is 79.9. The summed E-state index contributed by atoms with van der Waals surface area (Å²) in [7, 11) is 0. The molecule has 1 saturated carbocycles. The van der Waals surface area contributed by atoms with E-state index in [0.717, 1.165) is 24.9 Å². The highest BCUT2D eigenvalue weighted by Gasteiger charge is 2.67. The number of hydrogen-bond acceptors (Lipinski definition) is 3. The van der Waals surface area contributed by atoms with Crippen LogP contribution in [0.5, 0.6) is 0 Å².